The van der Waals surface area contributed by atoms with Gasteiger partial charge in [0.05, 0.1) is 25.4 Å². The first-order chi connectivity index (χ1) is 11.4. The fourth-order valence-corrected chi connectivity index (χ4v) is 2.69. The van der Waals surface area contributed by atoms with Gasteiger partial charge in [0, 0.05) is 13.1 Å². The lowest BCUT2D eigenvalue weighted by Crippen LogP contribution is -2.39. The van der Waals surface area contributed by atoms with Crippen LogP contribution in [0.4, 0.5) is 8.78 Å². The number of ether oxygens (including phenoxy) is 1. The predicted molar refractivity (Wildman–Crippen MR) is 78.4 cm³/mol. The number of rotatable bonds is 3. The van der Waals surface area contributed by atoms with Crippen molar-refractivity contribution in [3.63, 3.8) is 0 Å². The Morgan fingerprint density at radius 3 is 2.71 bits per heavy atom. The Morgan fingerprint density at radius 1 is 1.29 bits per heavy atom. The molecule has 0 fully saturated rings. The number of carbonyl (C=O) groups is 2. The van der Waals surface area contributed by atoms with Crippen LogP contribution < -0.4 is 10.5 Å². The van der Waals surface area contributed by atoms with Gasteiger partial charge in [-0.3, -0.25) is 9.59 Å². The Morgan fingerprint density at radius 2 is 2.04 bits per heavy atom. The quantitative estimate of drug-likeness (QED) is 0.903. The van der Waals surface area contributed by atoms with E-state index in [-0.39, 0.29) is 24.3 Å². The van der Waals surface area contributed by atoms with E-state index in [9.17, 15) is 18.4 Å². The summed E-state index contributed by atoms with van der Waals surface area (Å²) in [5.41, 5.74) is 5.22. The fourth-order valence-electron chi connectivity index (χ4n) is 2.69. The average Bonchev–Trinajstić information content (AvgIpc) is 2.98. The van der Waals surface area contributed by atoms with Gasteiger partial charge in [0.15, 0.2) is 17.4 Å². The van der Waals surface area contributed by atoms with Gasteiger partial charge in [-0.25, -0.2) is 13.8 Å². The van der Waals surface area contributed by atoms with Crippen LogP contribution >= 0.6 is 0 Å². The Labute approximate surface area is 135 Å². The van der Waals surface area contributed by atoms with Crippen molar-refractivity contribution in [2.24, 2.45) is 5.73 Å². The molecule has 2 amide bonds. The minimum Gasteiger partial charge on any atom is -0.491 e. The Balaban J connectivity index is 1.88. The van der Waals surface area contributed by atoms with Crippen LogP contribution in [0.15, 0.2) is 18.3 Å². The minimum absolute atomic E-state index is 0.0885. The molecule has 1 aromatic carbocycles. The number of imidazole rings is 1. The van der Waals surface area contributed by atoms with E-state index in [4.69, 9.17) is 5.73 Å². The zero-order chi connectivity index (χ0) is 17.4. The average molecular weight is 336 g/mol. The summed E-state index contributed by atoms with van der Waals surface area (Å²) in [5.74, 6) is -3.28. The Bertz CT molecular complexity index is 834. The van der Waals surface area contributed by atoms with Crippen LogP contribution in [-0.2, 0) is 13.1 Å². The Kier molecular flexibility index (Phi) is 3.92. The van der Waals surface area contributed by atoms with E-state index in [1.165, 1.54) is 11.1 Å². The van der Waals surface area contributed by atoms with Gasteiger partial charge in [0.2, 0.25) is 0 Å². The third-order valence-electron chi connectivity index (χ3n) is 3.89. The number of methoxy groups -OCH3 is 1. The van der Waals surface area contributed by atoms with Crippen molar-refractivity contribution in [1.82, 2.24) is 14.5 Å². The molecule has 1 aromatic heterocycles. The second-order valence-electron chi connectivity index (χ2n) is 5.24. The molecule has 126 valence electrons. The Hall–Kier alpha value is -2.97. The van der Waals surface area contributed by atoms with E-state index < -0.39 is 29.2 Å². The van der Waals surface area contributed by atoms with E-state index in [1.54, 1.807) is 4.57 Å². The van der Waals surface area contributed by atoms with Crippen LogP contribution in [0.1, 0.15) is 26.7 Å². The van der Waals surface area contributed by atoms with Crippen molar-refractivity contribution in [3.05, 3.63) is 47.0 Å². The van der Waals surface area contributed by atoms with Crippen LogP contribution in [0, 0.1) is 11.6 Å². The number of hydrogen-bond donors (Lipinski definition) is 1. The van der Waals surface area contributed by atoms with Crippen LogP contribution in [0.3, 0.4) is 0 Å². The van der Waals surface area contributed by atoms with Crippen LogP contribution in [0.25, 0.3) is 0 Å². The number of hydrogen-bond acceptors (Lipinski definition) is 4. The molecule has 2 N–H and O–H groups in total. The van der Waals surface area contributed by atoms with E-state index in [2.05, 4.69) is 9.72 Å². The maximum atomic E-state index is 14.3. The maximum Gasteiger partial charge on any atom is 0.266 e. The third kappa shape index (κ3) is 2.47. The molecule has 1 aliphatic rings. The lowest BCUT2D eigenvalue weighted by Gasteiger charge is -2.28. The van der Waals surface area contributed by atoms with Gasteiger partial charge < -0.3 is 19.9 Å². The van der Waals surface area contributed by atoms with Crippen molar-refractivity contribution in [1.29, 1.82) is 0 Å². The van der Waals surface area contributed by atoms with Crippen LogP contribution in [0.5, 0.6) is 5.75 Å². The second kappa shape index (κ2) is 5.91. The summed E-state index contributed by atoms with van der Waals surface area (Å²) in [6, 6.07) is 2.05. The molecule has 9 heteroatoms. The molecule has 3 rings (SSSR count). The number of benzene rings is 1. The zero-order valence-electron chi connectivity index (χ0n) is 12.8. The molecule has 0 unspecified atom stereocenters. The monoisotopic (exact) mass is 336 g/mol. The molecule has 1 aliphatic heterocycles. The smallest absolute Gasteiger partial charge is 0.266 e. The van der Waals surface area contributed by atoms with E-state index in [0.29, 0.717) is 12.4 Å². The normalized spacial score (nSPS) is 13.5. The molecule has 0 atom stereocenters. The van der Waals surface area contributed by atoms with Crippen molar-refractivity contribution >= 4 is 11.8 Å². The standard InChI is InChI=1S/C15H14F2N4O3/c1-24-13-9(16)3-2-8(12(13)17)15(23)20-4-5-21-10(14(18)22)6-19-11(21)7-20/h2-3,6H,4-5,7H2,1H3,(H2,18,22). The molecular weight excluding hydrogens is 322 g/mol. The minimum atomic E-state index is -1.05. The highest BCUT2D eigenvalue weighted by Crippen LogP contribution is 2.26. The highest BCUT2D eigenvalue weighted by molar-refractivity contribution is 5.95. The van der Waals surface area contributed by atoms with Crippen LogP contribution in [-0.4, -0.2) is 39.9 Å². The molecule has 0 saturated heterocycles. The fraction of sp³-hybridized carbons (Fsp3) is 0.267. The summed E-state index contributed by atoms with van der Waals surface area (Å²) in [6.45, 7) is 0.631. The van der Waals surface area contributed by atoms with Crippen molar-refractivity contribution < 1.29 is 23.1 Å². The van der Waals surface area contributed by atoms with Gasteiger partial charge in [0.1, 0.15) is 11.5 Å². The molecule has 0 saturated carbocycles. The summed E-state index contributed by atoms with van der Waals surface area (Å²) in [5, 5.41) is 0. The van der Waals surface area contributed by atoms with Gasteiger partial charge in [-0.2, -0.15) is 0 Å². The molecular formula is C15H14F2N4O3. The van der Waals surface area contributed by atoms with Gasteiger partial charge in [-0.05, 0) is 12.1 Å². The van der Waals surface area contributed by atoms with Crippen molar-refractivity contribution in [2.75, 3.05) is 13.7 Å². The summed E-state index contributed by atoms with van der Waals surface area (Å²) in [6.07, 6.45) is 1.34. The topological polar surface area (TPSA) is 90.5 Å². The molecule has 24 heavy (non-hydrogen) atoms. The number of fused-ring (bicyclic) bond motifs is 1. The summed E-state index contributed by atoms with van der Waals surface area (Å²) in [7, 11) is 1.12. The summed E-state index contributed by atoms with van der Waals surface area (Å²) >= 11 is 0. The van der Waals surface area contributed by atoms with Gasteiger partial charge in [-0.1, -0.05) is 0 Å². The first-order valence-corrected chi connectivity index (χ1v) is 7.09. The maximum absolute atomic E-state index is 14.3. The summed E-state index contributed by atoms with van der Waals surface area (Å²) < 4.78 is 34.0. The van der Waals surface area contributed by atoms with E-state index in [0.717, 1.165) is 19.2 Å². The molecule has 0 aliphatic carbocycles. The van der Waals surface area contributed by atoms with Gasteiger partial charge in [0.25, 0.3) is 11.8 Å². The second-order valence-corrected chi connectivity index (χ2v) is 5.24. The van der Waals surface area contributed by atoms with Crippen molar-refractivity contribution in [2.45, 2.75) is 13.1 Å². The van der Waals surface area contributed by atoms with E-state index >= 15 is 0 Å². The number of nitrogens with two attached hydrogens (primary N) is 1. The van der Waals surface area contributed by atoms with Gasteiger partial charge in [-0.15, -0.1) is 0 Å². The third-order valence-corrected chi connectivity index (χ3v) is 3.89. The number of primary amides is 1. The lowest BCUT2D eigenvalue weighted by atomic mass is 10.1. The highest BCUT2D eigenvalue weighted by Gasteiger charge is 2.28. The molecule has 0 spiro atoms. The van der Waals surface area contributed by atoms with E-state index in [1.807, 2.05) is 0 Å². The zero-order valence-corrected chi connectivity index (χ0v) is 12.8. The molecule has 7 nitrogen and oxygen atoms in total. The van der Waals surface area contributed by atoms with Crippen LogP contribution in [0.2, 0.25) is 0 Å². The number of halogens is 2. The predicted octanol–water partition coefficient (Wildman–Crippen LogP) is 0.925. The first kappa shape index (κ1) is 15.9. The summed E-state index contributed by atoms with van der Waals surface area (Å²) in [4.78, 5) is 29.3. The number of carbonyl (C=O) groups excluding carboxylic acids is 2. The molecule has 2 heterocycles. The first-order valence-electron chi connectivity index (χ1n) is 7.09. The lowest BCUT2D eigenvalue weighted by molar-refractivity contribution is 0.0700. The SMILES string of the molecule is COc1c(F)ccc(C(=O)N2CCn3c(C(N)=O)cnc3C2)c1F. The highest BCUT2D eigenvalue weighted by atomic mass is 19.1. The molecule has 0 bridgehead atoms. The number of nitrogens with zero attached hydrogens (tertiary/aromatic N) is 3. The van der Waals surface area contributed by atoms with Gasteiger partial charge >= 0.3 is 0 Å². The molecule has 0 radical (unpaired) electrons. The number of amides is 2. The largest absolute Gasteiger partial charge is 0.491 e. The molecule has 2 aromatic rings. The van der Waals surface area contributed by atoms with Crippen molar-refractivity contribution in [3.8, 4) is 5.75 Å². The number of aromatic nitrogens is 2.